The molecule has 1 saturated heterocycles. The van der Waals surface area contributed by atoms with E-state index in [-0.39, 0.29) is 0 Å². The van der Waals surface area contributed by atoms with E-state index in [0.717, 1.165) is 35.4 Å². The minimum absolute atomic E-state index is 0.685. The second kappa shape index (κ2) is 8.59. The van der Waals surface area contributed by atoms with Crippen molar-refractivity contribution in [2.24, 2.45) is 0 Å². The summed E-state index contributed by atoms with van der Waals surface area (Å²) in [5, 5.41) is 4.55. The molecule has 0 saturated carbocycles. The van der Waals surface area contributed by atoms with Gasteiger partial charge in [-0.2, -0.15) is 0 Å². The highest BCUT2D eigenvalue weighted by atomic mass is 15.1. The maximum Gasteiger partial charge on any atom is 0.163 e. The zero-order valence-corrected chi connectivity index (χ0v) is 17.0. The summed E-state index contributed by atoms with van der Waals surface area (Å²) in [5.41, 5.74) is 4.46. The molecular weight excluding hydrogens is 370 g/mol. The summed E-state index contributed by atoms with van der Waals surface area (Å²) in [4.78, 5) is 16.3. The van der Waals surface area contributed by atoms with Gasteiger partial charge in [0.1, 0.15) is 5.82 Å². The van der Waals surface area contributed by atoms with E-state index < -0.39 is 0 Å². The molecule has 0 radical (unpaired) electrons. The molecule has 0 unspecified atom stereocenters. The fourth-order valence-corrected chi connectivity index (χ4v) is 3.98. The smallest absolute Gasteiger partial charge is 0.163 e. The van der Waals surface area contributed by atoms with E-state index in [0.29, 0.717) is 5.82 Å². The van der Waals surface area contributed by atoms with Crippen molar-refractivity contribution in [2.45, 2.75) is 25.9 Å². The van der Waals surface area contributed by atoms with Gasteiger partial charge in [-0.3, -0.25) is 9.88 Å². The van der Waals surface area contributed by atoms with Crippen LogP contribution < -0.4 is 5.32 Å². The normalized spacial score (nSPS) is 14.3. The fraction of sp³-hybridized carbons (Fsp3) is 0.240. The molecule has 0 amide bonds. The van der Waals surface area contributed by atoms with Crippen LogP contribution in [0.1, 0.15) is 24.0 Å². The number of anilines is 1. The summed E-state index contributed by atoms with van der Waals surface area (Å²) in [5.74, 6) is 1.53. The number of likely N-dealkylation sites (tertiary alicyclic amines) is 1. The van der Waals surface area contributed by atoms with Crippen LogP contribution in [0.15, 0.2) is 73.1 Å². The largest absolute Gasteiger partial charge is 0.365 e. The van der Waals surface area contributed by atoms with Crippen molar-refractivity contribution < 1.29 is 0 Å². The molecule has 2 aromatic carbocycles. The minimum Gasteiger partial charge on any atom is -0.365 e. The van der Waals surface area contributed by atoms with Crippen LogP contribution in [0.2, 0.25) is 0 Å². The van der Waals surface area contributed by atoms with Crippen molar-refractivity contribution in [3.05, 3.63) is 84.2 Å². The second-order valence-electron chi connectivity index (χ2n) is 7.81. The quantitative estimate of drug-likeness (QED) is 0.503. The van der Waals surface area contributed by atoms with Crippen molar-refractivity contribution in [3.8, 4) is 11.4 Å². The molecule has 30 heavy (non-hydrogen) atoms. The van der Waals surface area contributed by atoms with Crippen LogP contribution in [0.4, 0.5) is 5.82 Å². The Balaban J connectivity index is 1.35. The van der Waals surface area contributed by atoms with Crippen LogP contribution in [0.5, 0.6) is 0 Å². The van der Waals surface area contributed by atoms with Crippen molar-refractivity contribution in [1.29, 1.82) is 0 Å². The third-order valence-electron chi connectivity index (χ3n) is 5.61. The number of aromatic nitrogens is 3. The molecule has 0 aliphatic carbocycles. The summed E-state index contributed by atoms with van der Waals surface area (Å²) in [7, 11) is 0. The van der Waals surface area contributed by atoms with Gasteiger partial charge in [0.05, 0.1) is 5.52 Å². The Morgan fingerprint density at radius 1 is 0.833 bits per heavy atom. The molecule has 5 heteroatoms. The fourth-order valence-electron chi connectivity index (χ4n) is 3.98. The Hall–Kier alpha value is -3.31. The number of hydrogen-bond acceptors (Lipinski definition) is 5. The lowest BCUT2D eigenvalue weighted by molar-refractivity contribution is 0.331. The number of hydrogen-bond donors (Lipinski definition) is 1. The van der Waals surface area contributed by atoms with Crippen LogP contribution in [0.3, 0.4) is 0 Å². The second-order valence-corrected chi connectivity index (χ2v) is 7.81. The number of rotatable bonds is 6. The van der Waals surface area contributed by atoms with E-state index in [1.165, 1.54) is 37.1 Å². The molecule has 0 atom stereocenters. The molecule has 0 bridgehead atoms. The van der Waals surface area contributed by atoms with Crippen molar-refractivity contribution in [2.75, 3.05) is 18.4 Å². The summed E-state index contributed by atoms with van der Waals surface area (Å²) < 4.78 is 0. The van der Waals surface area contributed by atoms with Gasteiger partial charge in [-0.05, 0) is 61.3 Å². The topological polar surface area (TPSA) is 53.9 Å². The highest BCUT2D eigenvalue weighted by Crippen LogP contribution is 2.25. The van der Waals surface area contributed by atoms with Crippen molar-refractivity contribution >= 4 is 16.7 Å². The average Bonchev–Trinajstić information content (AvgIpc) is 3.32. The van der Waals surface area contributed by atoms with Gasteiger partial charge in [0.25, 0.3) is 0 Å². The van der Waals surface area contributed by atoms with Gasteiger partial charge in [-0.1, -0.05) is 36.4 Å². The molecule has 2 aromatic heterocycles. The first-order valence-electron chi connectivity index (χ1n) is 10.6. The molecule has 1 aliphatic rings. The Labute approximate surface area is 176 Å². The van der Waals surface area contributed by atoms with E-state index in [1.54, 1.807) is 12.4 Å². The first kappa shape index (κ1) is 18.7. The maximum atomic E-state index is 4.80. The summed E-state index contributed by atoms with van der Waals surface area (Å²) in [6, 6.07) is 20.9. The van der Waals surface area contributed by atoms with Gasteiger partial charge < -0.3 is 5.32 Å². The van der Waals surface area contributed by atoms with Crippen molar-refractivity contribution in [1.82, 2.24) is 19.9 Å². The zero-order valence-electron chi connectivity index (χ0n) is 17.0. The summed E-state index contributed by atoms with van der Waals surface area (Å²) in [6.07, 6.45) is 6.22. The van der Waals surface area contributed by atoms with E-state index in [4.69, 9.17) is 9.97 Å². The molecule has 4 aromatic rings. The van der Waals surface area contributed by atoms with Gasteiger partial charge in [-0.15, -0.1) is 0 Å². The van der Waals surface area contributed by atoms with Crippen LogP contribution in [-0.2, 0) is 13.1 Å². The lowest BCUT2D eigenvalue weighted by atomic mass is 10.1. The van der Waals surface area contributed by atoms with Gasteiger partial charge in [-0.25, -0.2) is 9.97 Å². The first-order valence-corrected chi connectivity index (χ1v) is 10.6. The highest BCUT2D eigenvalue weighted by Gasteiger charge is 2.12. The predicted octanol–water partition coefficient (Wildman–Crippen LogP) is 4.90. The Bertz CT molecular complexity index is 1120. The third kappa shape index (κ3) is 4.16. The Morgan fingerprint density at radius 3 is 2.43 bits per heavy atom. The van der Waals surface area contributed by atoms with Crippen LogP contribution in [-0.4, -0.2) is 32.9 Å². The molecule has 0 spiro atoms. The van der Waals surface area contributed by atoms with E-state index in [1.807, 2.05) is 30.3 Å². The van der Waals surface area contributed by atoms with Gasteiger partial charge in [0.2, 0.25) is 0 Å². The number of benzene rings is 2. The van der Waals surface area contributed by atoms with Crippen LogP contribution in [0.25, 0.3) is 22.3 Å². The predicted molar refractivity (Wildman–Crippen MR) is 121 cm³/mol. The summed E-state index contributed by atoms with van der Waals surface area (Å²) in [6.45, 7) is 4.23. The van der Waals surface area contributed by atoms with Crippen molar-refractivity contribution in [3.63, 3.8) is 0 Å². The number of para-hydroxylation sites is 1. The van der Waals surface area contributed by atoms with Crippen LogP contribution in [0, 0.1) is 0 Å². The lowest BCUT2D eigenvalue weighted by Crippen LogP contribution is -2.18. The highest BCUT2D eigenvalue weighted by molar-refractivity contribution is 5.90. The Kier molecular flexibility index (Phi) is 5.36. The molecule has 1 fully saturated rings. The molecule has 3 heterocycles. The molecule has 5 nitrogen and oxygen atoms in total. The molecule has 150 valence electrons. The van der Waals surface area contributed by atoms with E-state index in [9.17, 15) is 0 Å². The zero-order chi connectivity index (χ0) is 20.2. The summed E-state index contributed by atoms with van der Waals surface area (Å²) >= 11 is 0. The van der Waals surface area contributed by atoms with Gasteiger partial charge >= 0.3 is 0 Å². The SMILES string of the molecule is c1cncc(-c2nc(NCc3ccc(CN4CCCC4)cc3)c3ccccc3n2)c1. The van der Waals surface area contributed by atoms with Crippen LogP contribution >= 0.6 is 0 Å². The maximum absolute atomic E-state index is 4.80. The van der Waals surface area contributed by atoms with E-state index >= 15 is 0 Å². The number of fused-ring (bicyclic) bond motifs is 1. The third-order valence-corrected chi connectivity index (χ3v) is 5.61. The van der Waals surface area contributed by atoms with Gasteiger partial charge in [0.15, 0.2) is 5.82 Å². The first-order chi connectivity index (χ1) is 14.8. The molecule has 1 aliphatic heterocycles. The molecule has 1 N–H and O–H groups in total. The molecular formula is C25H25N5. The Morgan fingerprint density at radius 2 is 1.63 bits per heavy atom. The number of pyridine rings is 1. The monoisotopic (exact) mass is 395 g/mol. The minimum atomic E-state index is 0.685. The lowest BCUT2D eigenvalue weighted by Gasteiger charge is -2.15. The van der Waals surface area contributed by atoms with E-state index in [2.05, 4.69) is 45.5 Å². The average molecular weight is 396 g/mol. The van der Waals surface area contributed by atoms with Gasteiger partial charge in [0, 0.05) is 36.4 Å². The molecule has 5 rings (SSSR count). The number of nitrogens with zero attached hydrogens (tertiary/aromatic N) is 4. The number of nitrogens with one attached hydrogen (secondary N) is 1. The standard InChI is InChI=1S/C25H25N5/c1-2-8-23-22(7-1)25(29-24(28-23)21-6-5-13-26-17-21)27-16-19-9-11-20(12-10-19)18-30-14-3-4-15-30/h1-2,5-13,17H,3-4,14-16,18H2,(H,27,28,29).